The molecule has 0 aliphatic heterocycles. The minimum absolute atomic E-state index is 0.369. The monoisotopic (exact) mass is 320 g/mol. The Labute approximate surface area is 127 Å². The Hall–Kier alpha value is -0.480. The molecule has 0 saturated carbocycles. The molecule has 6 heteroatoms. The molecule has 1 aromatic heterocycles. The van der Waals surface area contributed by atoms with Gasteiger partial charge in [0.05, 0.1) is 27.0 Å². The minimum Gasteiger partial charge on any atom is -0.385 e. The lowest BCUT2D eigenvalue weighted by Crippen LogP contribution is -2.03. The summed E-state index contributed by atoms with van der Waals surface area (Å²) < 4.78 is 7.15. The standard InChI is InChI=1S/C13H15Cl3N2O/c1-19-5-3-2-4-18-12-7-10(16)9(15)6-11(12)17-13(18)8-14/h6-7H,2-5,8H2,1H3. The number of hydrogen-bond donors (Lipinski definition) is 0. The van der Waals surface area contributed by atoms with E-state index in [2.05, 4.69) is 9.55 Å². The van der Waals surface area contributed by atoms with Gasteiger partial charge < -0.3 is 9.30 Å². The van der Waals surface area contributed by atoms with Gasteiger partial charge in [-0.3, -0.25) is 0 Å². The van der Waals surface area contributed by atoms with Crippen LogP contribution in [0.1, 0.15) is 18.7 Å². The third kappa shape index (κ3) is 3.34. The van der Waals surface area contributed by atoms with Crippen LogP contribution >= 0.6 is 34.8 Å². The van der Waals surface area contributed by atoms with Gasteiger partial charge in [-0.2, -0.15) is 0 Å². The van der Waals surface area contributed by atoms with Crippen LogP contribution in [0, 0.1) is 0 Å². The van der Waals surface area contributed by atoms with Gasteiger partial charge in [0.25, 0.3) is 0 Å². The first-order chi connectivity index (χ1) is 9.17. The van der Waals surface area contributed by atoms with Crippen molar-refractivity contribution in [2.24, 2.45) is 0 Å². The van der Waals surface area contributed by atoms with Gasteiger partial charge in [0, 0.05) is 20.3 Å². The van der Waals surface area contributed by atoms with Crippen molar-refractivity contribution in [1.82, 2.24) is 9.55 Å². The van der Waals surface area contributed by atoms with Crippen LogP contribution in [0.4, 0.5) is 0 Å². The number of unbranched alkanes of at least 4 members (excludes halogenated alkanes) is 1. The highest BCUT2D eigenvalue weighted by molar-refractivity contribution is 6.42. The lowest BCUT2D eigenvalue weighted by Gasteiger charge is -2.07. The summed E-state index contributed by atoms with van der Waals surface area (Å²) in [6.07, 6.45) is 2.00. The van der Waals surface area contributed by atoms with E-state index in [1.54, 1.807) is 13.2 Å². The number of aryl methyl sites for hydroxylation is 1. The fourth-order valence-electron chi connectivity index (χ4n) is 2.04. The lowest BCUT2D eigenvalue weighted by molar-refractivity contribution is 0.191. The molecular weight excluding hydrogens is 307 g/mol. The molecule has 0 fully saturated rings. The number of imidazole rings is 1. The van der Waals surface area contributed by atoms with Crippen LogP contribution in [0.3, 0.4) is 0 Å². The van der Waals surface area contributed by atoms with E-state index in [0.29, 0.717) is 15.9 Å². The topological polar surface area (TPSA) is 27.1 Å². The molecule has 2 rings (SSSR count). The van der Waals surface area contributed by atoms with Gasteiger partial charge in [-0.1, -0.05) is 23.2 Å². The molecule has 2 aromatic rings. The maximum Gasteiger partial charge on any atom is 0.124 e. The number of methoxy groups -OCH3 is 1. The van der Waals surface area contributed by atoms with Crippen molar-refractivity contribution in [2.45, 2.75) is 25.3 Å². The zero-order valence-corrected chi connectivity index (χ0v) is 12.9. The van der Waals surface area contributed by atoms with Crippen LogP contribution in [-0.2, 0) is 17.2 Å². The Morgan fingerprint density at radius 2 is 1.95 bits per heavy atom. The Morgan fingerprint density at radius 3 is 2.63 bits per heavy atom. The summed E-state index contributed by atoms with van der Waals surface area (Å²) in [6, 6.07) is 3.62. The highest BCUT2D eigenvalue weighted by Gasteiger charge is 2.12. The number of alkyl halides is 1. The molecule has 0 amide bonds. The Balaban J connectivity index is 2.31. The normalized spacial score (nSPS) is 11.4. The van der Waals surface area contributed by atoms with Gasteiger partial charge in [0.2, 0.25) is 0 Å². The van der Waals surface area contributed by atoms with Crippen molar-refractivity contribution in [3.63, 3.8) is 0 Å². The van der Waals surface area contributed by atoms with E-state index >= 15 is 0 Å². The minimum atomic E-state index is 0.369. The van der Waals surface area contributed by atoms with Crippen molar-refractivity contribution in [2.75, 3.05) is 13.7 Å². The van der Waals surface area contributed by atoms with E-state index in [1.807, 2.05) is 6.07 Å². The highest BCUT2D eigenvalue weighted by atomic mass is 35.5. The fraction of sp³-hybridized carbons (Fsp3) is 0.462. The second-order valence-corrected chi connectivity index (χ2v) is 5.35. The first kappa shape index (κ1) is 14.9. The van der Waals surface area contributed by atoms with Crippen molar-refractivity contribution >= 4 is 45.8 Å². The summed E-state index contributed by atoms with van der Waals surface area (Å²) >= 11 is 18.0. The third-order valence-corrected chi connectivity index (χ3v) is 3.93. The average Bonchev–Trinajstić information content (AvgIpc) is 2.73. The van der Waals surface area contributed by atoms with Crippen LogP contribution < -0.4 is 0 Å². The average molecular weight is 322 g/mol. The van der Waals surface area contributed by atoms with Crippen LogP contribution in [0.25, 0.3) is 11.0 Å². The maximum atomic E-state index is 6.07. The first-order valence-corrected chi connectivity index (χ1v) is 7.35. The smallest absolute Gasteiger partial charge is 0.124 e. The molecule has 0 aliphatic carbocycles. The molecule has 0 unspecified atom stereocenters. The van der Waals surface area contributed by atoms with E-state index in [-0.39, 0.29) is 0 Å². The van der Waals surface area contributed by atoms with Gasteiger partial charge in [-0.25, -0.2) is 4.98 Å². The zero-order valence-electron chi connectivity index (χ0n) is 10.6. The number of nitrogens with zero attached hydrogens (tertiary/aromatic N) is 2. The quantitative estimate of drug-likeness (QED) is 0.578. The zero-order chi connectivity index (χ0) is 13.8. The SMILES string of the molecule is COCCCCn1c(CCl)nc2cc(Cl)c(Cl)cc21. The molecule has 0 spiro atoms. The summed E-state index contributed by atoms with van der Waals surface area (Å²) in [7, 11) is 1.71. The third-order valence-electron chi connectivity index (χ3n) is 2.97. The fourth-order valence-corrected chi connectivity index (χ4v) is 2.56. The first-order valence-electron chi connectivity index (χ1n) is 6.06. The second-order valence-electron chi connectivity index (χ2n) is 4.27. The number of halogens is 3. The number of fused-ring (bicyclic) bond motifs is 1. The van der Waals surface area contributed by atoms with Gasteiger partial charge in [-0.15, -0.1) is 11.6 Å². The molecule has 0 bridgehead atoms. The largest absolute Gasteiger partial charge is 0.385 e. The molecule has 104 valence electrons. The van der Waals surface area contributed by atoms with Crippen LogP contribution in [0.15, 0.2) is 12.1 Å². The molecule has 1 aromatic carbocycles. The highest BCUT2D eigenvalue weighted by Crippen LogP contribution is 2.29. The summed E-state index contributed by atoms with van der Waals surface area (Å²) in [5, 5.41) is 1.05. The molecule has 0 atom stereocenters. The van der Waals surface area contributed by atoms with Crippen LogP contribution in [0.2, 0.25) is 10.0 Å². The maximum absolute atomic E-state index is 6.07. The van der Waals surface area contributed by atoms with Gasteiger partial charge >= 0.3 is 0 Å². The number of benzene rings is 1. The number of hydrogen-bond acceptors (Lipinski definition) is 2. The second kappa shape index (κ2) is 6.80. The van der Waals surface area contributed by atoms with Crippen molar-refractivity contribution < 1.29 is 4.74 Å². The van der Waals surface area contributed by atoms with Gasteiger partial charge in [0.1, 0.15) is 5.82 Å². The summed E-state index contributed by atoms with van der Waals surface area (Å²) in [6.45, 7) is 1.61. The predicted octanol–water partition coefficient (Wildman–Crippen LogP) is 4.51. The van der Waals surface area contributed by atoms with Crippen molar-refractivity contribution in [3.8, 4) is 0 Å². The predicted molar refractivity (Wildman–Crippen MR) is 80.4 cm³/mol. The summed E-state index contributed by atoms with van der Waals surface area (Å²) in [5.41, 5.74) is 1.80. The lowest BCUT2D eigenvalue weighted by atomic mass is 10.3. The summed E-state index contributed by atoms with van der Waals surface area (Å²) in [4.78, 5) is 4.49. The molecule has 19 heavy (non-hydrogen) atoms. The van der Waals surface area contributed by atoms with Crippen molar-refractivity contribution in [1.29, 1.82) is 0 Å². The molecule has 0 N–H and O–H groups in total. The Kier molecular flexibility index (Phi) is 5.34. The molecule has 0 radical (unpaired) electrons. The molecule has 0 aliphatic rings. The van der Waals surface area contributed by atoms with Crippen LogP contribution in [-0.4, -0.2) is 23.3 Å². The van der Waals surface area contributed by atoms with Gasteiger partial charge in [-0.05, 0) is 25.0 Å². The Bertz CT molecular complexity index is 569. The van der Waals surface area contributed by atoms with Crippen LogP contribution in [0.5, 0.6) is 0 Å². The molecule has 3 nitrogen and oxygen atoms in total. The van der Waals surface area contributed by atoms with E-state index in [4.69, 9.17) is 39.5 Å². The Morgan fingerprint density at radius 1 is 1.21 bits per heavy atom. The molecular formula is C13H15Cl3N2O. The van der Waals surface area contributed by atoms with E-state index in [9.17, 15) is 0 Å². The van der Waals surface area contributed by atoms with E-state index in [1.165, 1.54) is 0 Å². The summed E-state index contributed by atoms with van der Waals surface area (Å²) in [5.74, 6) is 1.21. The number of ether oxygens (including phenoxy) is 1. The number of aromatic nitrogens is 2. The van der Waals surface area contributed by atoms with Gasteiger partial charge in [0.15, 0.2) is 0 Å². The van der Waals surface area contributed by atoms with E-state index in [0.717, 1.165) is 42.9 Å². The molecule has 0 saturated heterocycles. The van der Waals surface area contributed by atoms with E-state index < -0.39 is 0 Å². The number of rotatable bonds is 6. The molecule has 1 heterocycles. The van der Waals surface area contributed by atoms with Crippen molar-refractivity contribution in [3.05, 3.63) is 28.0 Å².